The standard InChI is InChI=1S/C24H30N2O5S/c1-15-6-7-21-19(12-15)14-31-24(27)26(21)20-8-10-25(11-9-20)32(28,29)23-16(2)13-22(30-5)17(3)18(23)4/h6-7,12-13,20H,8-11,14H2,1-5H3. The topological polar surface area (TPSA) is 76.2 Å². The second-order valence-corrected chi connectivity index (χ2v) is 10.5. The first-order valence-corrected chi connectivity index (χ1v) is 12.3. The molecule has 0 spiro atoms. The summed E-state index contributed by atoms with van der Waals surface area (Å²) in [6.45, 7) is 8.48. The van der Waals surface area contributed by atoms with Gasteiger partial charge in [0.1, 0.15) is 12.4 Å². The van der Waals surface area contributed by atoms with E-state index in [0.29, 0.717) is 47.7 Å². The maximum Gasteiger partial charge on any atom is 0.414 e. The predicted molar refractivity (Wildman–Crippen MR) is 123 cm³/mol. The average molecular weight is 459 g/mol. The summed E-state index contributed by atoms with van der Waals surface area (Å²) in [4.78, 5) is 14.6. The van der Waals surface area contributed by atoms with Crippen molar-refractivity contribution >= 4 is 21.8 Å². The summed E-state index contributed by atoms with van der Waals surface area (Å²) in [6, 6.07) is 7.66. The highest BCUT2D eigenvalue weighted by atomic mass is 32.2. The number of nitrogens with zero attached hydrogens (tertiary/aromatic N) is 2. The summed E-state index contributed by atoms with van der Waals surface area (Å²) in [6.07, 6.45) is 0.740. The van der Waals surface area contributed by atoms with Crippen LogP contribution < -0.4 is 9.64 Å². The van der Waals surface area contributed by atoms with Crippen molar-refractivity contribution in [3.63, 3.8) is 0 Å². The Morgan fingerprint density at radius 3 is 2.38 bits per heavy atom. The fraction of sp³-hybridized carbons (Fsp3) is 0.458. The minimum Gasteiger partial charge on any atom is -0.496 e. The van der Waals surface area contributed by atoms with E-state index in [0.717, 1.165) is 22.4 Å². The lowest BCUT2D eigenvalue weighted by atomic mass is 10.0. The average Bonchev–Trinajstić information content (AvgIpc) is 2.76. The van der Waals surface area contributed by atoms with E-state index >= 15 is 0 Å². The zero-order valence-corrected chi connectivity index (χ0v) is 20.1. The minimum absolute atomic E-state index is 0.101. The van der Waals surface area contributed by atoms with E-state index in [9.17, 15) is 13.2 Å². The molecule has 8 heteroatoms. The molecule has 0 N–H and O–H groups in total. The molecule has 0 unspecified atom stereocenters. The summed E-state index contributed by atoms with van der Waals surface area (Å²) >= 11 is 0. The first-order valence-electron chi connectivity index (χ1n) is 10.9. The highest BCUT2D eigenvalue weighted by Crippen LogP contribution is 2.36. The van der Waals surface area contributed by atoms with Gasteiger partial charge in [-0.15, -0.1) is 0 Å². The number of cyclic esters (lactones) is 1. The molecule has 0 radical (unpaired) electrons. The number of piperidine rings is 1. The van der Waals surface area contributed by atoms with Gasteiger partial charge in [0.15, 0.2) is 0 Å². The molecular formula is C24H30N2O5S. The van der Waals surface area contributed by atoms with Crippen LogP contribution in [0.25, 0.3) is 0 Å². The van der Waals surface area contributed by atoms with E-state index in [-0.39, 0.29) is 18.7 Å². The van der Waals surface area contributed by atoms with Crippen LogP contribution in [0.2, 0.25) is 0 Å². The number of fused-ring (bicyclic) bond motifs is 1. The molecule has 2 aromatic rings. The molecule has 0 atom stereocenters. The second kappa shape index (κ2) is 8.41. The van der Waals surface area contributed by atoms with Crippen molar-refractivity contribution in [2.75, 3.05) is 25.1 Å². The summed E-state index contributed by atoms with van der Waals surface area (Å²) in [5.41, 5.74) is 5.19. The molecule has 7 nitrogen and oxygen atoms in total. The number of benzene rings is 2. The molecule has 1 saturated heterocycles. The molecule has 172 valence electrons. The Balaban J connectivity index is 1.57. The smallest absolute Gasteiger partial charge is 0.414 e. The normalized spacial score (nSPS) is 17.8. The number of carbonyl (C=O) groups is 1. The zero-order chi connectivity index (χ0) is 23.2. The molecule has 1 fully saturated rings. The molecule has 2 aliphatic heterocycles. The van der Waals surface area contributed by atoms with E-state index in [1.807, 2.05) is 39.0 Å². The van der Waals surface area contributed by atoms with Gasteiger partial charge >= 0.3 is 6.09 Å². The lowest BCUT2D eigenvalue weighted by molar-refractivity contribution is 0.135. The third-order valence-electron chi connectivity index (χ3n) is 6.63. The number of carbonyl (C=O) groups excluding carboxylic acids is 1. The third kappa shape index (κ3) is 3.75. The fourth-order valence-electron chi connectivity index (χ4n) is 4.82. The molecule has 32 heavy (non-hydrogen) atoms. The van der Waals surface area contributed by atoms with Crippen molar-refractivity contribution in [3.05, 3.63) is 52.1 Å². The lowest BCUT2D eigenvalue weighted by Gasteiger charge is -2.40. The molecule has 1 amide bonds. The zero-order valence-electron chi connectivity index (χ0n) is 19.3. The number of aryl methyl sites for hydroxylation is 2. The van der Waals surface area contributed by atoms with Crippen LogP contribution in [0, 0.1) is 27.7 Å². The summed E-state index contributed by atoms with van der Waals surface area (Å²) in [7, 11) is -2.07. The Hall–Kier alpha value is -2.58. The second-order valence-electron chi connectivity index (χ2n) is 8.67. The number of rotatable bonds is 4. The van der Waals surface area contributed by atoms with Crippen molar-refractivity contribution < 1.29 is 22.7 Å². The Labute approximate surface area is 190 Å². The Kier molecular flexibility index (Phi) is 5.94. The van der Waals surface area contributed by atoms with Gasteiger partial charge in [0.05, 0.1) is 17.7 Å². The highest BCUT2D eigenvalue weighted by molar-refractivity contribution is 7.89. The SMILES string of the molecule is COc1cc(C)c(S(=O)(=O)N2CCC(N3C(=O)OCc4cc(C)ccc43)CC2)c(C)c1C. The number of ether oxygens (including phenoxy) is 2. The van der Waals surface area contributed by atoms with Crippen LogP contribution in [0.3, 0.4) is 0 Å². The Bertz CT molecular complexity index is 1170. The van der Waals surface area contributed by atoms with Crippen molar-refractivity contribution in [2.24, 2.45) is 0 Å². The highest BCUT2D eigenvalue weighted by Gasteiger charge is 2.38. The minimum atomic E-state index is -3.66. The molecule has 4 rings (SSSR count). The van der Waals surface area contributed by atoms with Crippen LogP contribution in [-0.2, 0) is 21.4 Å². The number of hydrogen-bond acceptors (Lipinski definition) is 5. The molecular weight excluding hydrogens is 428 g/mol. The summed E-state index contributed by atoms with van der Waals surface area (Å²) < 4.78 is 39.4. The summed E-state index contributed by atoms with van der Waals surface area (Å²) in [5, 5.41) is 0. The predicted octanol–water partition coefficient (Wildman–Crippen LogP) is 4.24. The van der Waals surface area contributed by atoms with Gasteiger partial charge < -0.3 is 9.47 Å². The van der Waals surface area contributed by atoms with Gasteiger partial charge in [0.25, 0.3) is 0 Å². The Morgan fingerprint density at radius 2 is 1.72 bits per heavy atom. The van der Waals surface area contributed by atoms with E-state index in [1.165, 1.54) is 4.31 Å². The van der Waals surface area contributed by atoms with Crippen LogP contribution >= 0.6 is 0 Å². The van der Waals surface area contributed by atoms with Crippen molar-refractivity contribution in [3.8, 4) is 5.75 Å². The van der Waals surface area contributed by atoms with Crippen LogP contribution in [-0.4, -0.2) is 45.1 Å². The first kappa shape index (κ1) is 22.6. The first-order chi connectivity index (χ1) is 15.1. The number of amides is 1. The van der Waals surface area contributed by atoms with Crippen molar-refractivity contribution in [2.45, 2.75) is 58.1 Å². The van der Waals surface area contributed by atoms with E-state index in [1.54, 1.807) is 25.0 Å². The van der Waals surface area contributed by atoms with Crippen LogP contribution in [0.4, 0.5) is 10.5 Å². The van der Waals surface area contributed by atoms with Crippen LogP contribution in [0.1, 0.15) is 40.7 Å². The maximum atomic E-state index is 13.5. The molecule has 0 aromatic heterocycles. The van der Waals surface area contributed by atoms with Gasteiger partial charge in [-0.2, -0.15) is 4.31 Å². The largest absolute Gasteiger partial charge is 0.496 e. The molecule has 2 aromatic carbocycles. The fourth-order valence-corrected chi connectivity index (χ4v) is 6.77. The molecule has 0 aliphatic carbocycles. The molecule has 0 bridgehead atoms. The van der Waals surface area contributed by atoms with Gasteiger partial charge in [0.2, 0.25) is 10.0 Å². The monoisotopic (exact) mass is 458 g/mol. The Morgan fingerprint density at radius 1 is 1.03 bits per heavy atom. The van der Waals surface area contributed by atoms with Gasteiger partial charge in [-0.1, -0.05) is 17.7 Å². The number of hydrogen-bond donors (Lipinski definition) is 0. The third-order valence-corrected chi connectivity index (χ3v) is 8.82. The molecule has 2 aliphatic rings. The van der Waals surface area contributed by atoms with Gasteiger partial charge in [-0.3, -0.25) is 4.90 Å². The lowest BCUT2D eigenvalue weighted by Crippen LogP contribution is -2.50. The molecule has 2 heterocycles. The van der Waals surface area contributed by atoms with Gasteiger partial charge in [-0.25, -0.2) is 13.2 Å². The van der Waals surface area contributed by atoms with Crippen molar-refractivity contribution in [1.82, 2.24) is 4.31 Å². The van der Waals surface area contributed by atoms with E-state index in [4.69, 9.17) is 9.47 Å². The van der Waals surface area contributed by atoms with Crippen LogP contribution in [0.5, 0.6) is 5.75 Å². The van der Waals surface area contributed by atoms with Gasteiger partial charge in [0, 0.05) is 24.7 Å². The van der Waals surface area contributed by atoms with E-state index in [2.05, 4.69) is 0 Å². The van der Waals surface area contributed by atoms with Crippen molar-refractivity contribution in [1.29, 1.82) is 0 Å². The number of anilines is 1. The number of sulfonamides is 1. The molecule has 0 saturated carbocycles. The van der Waals surface area contributed by atoms with E-state index < -0.39 is 10.0 Å². The number of methoxy groups -OCH3 is 1. The summed E-state index contributed by atoms with van der Waals surface area (Å²) in [5.74, 6) is 0.690. The maximum absolute atomic E-state index is 13.5. The van der Waals surface area contributed by atoms with Gasteiger partial charge in [-0.05, 0) is 69.4 Å². The van der Waals surface area contributed by atoms with Crippen LogP contribution in [0.15, 0.2) is 29.2 Å². The quantitative estimate of drug-likeness (QED) is 0.685.